The van der Waals surface area contributed by atoms with E-state index in [2.05, 4.69) is 20.8 Å². The highest BCUT2D eigenvalue weighted by atomic mass is 16.5. The number of rotatable bonds is 4. The molecule has 4 heteroatoms. The molecule has 0 aliphatic carbocycles. The number of carboxylic acid groups (broad SMARTS) is 1. The molecule has 0 unspecified atom stereocenters. The minimum absolute atomic E-state index is 0.106. The number of carbonyl (C=O) groups is 1. The second kappa shape index (κ2) is 6.10. The Bertz CT molecular complexity index is 666. The molecule has 0 heterocycles. The Morgan fingerprint density at radius 1 is 1.00 bits per heavy atom. The minimum Gasteiger partial charge on any atom is -0.497 e. The zero-order valence-corrected chi connectivity index (χ0v) is 13.2. The van der Waals surface area contributed by atoms with Crippen LogP contribution in [0.5, 0.6) is 17.2 Å². The SMILES string of the molecule is COc1ccc(Oc2ccc(C(=O)O)cc2)c(C(C)(C)C)c1. The molecule has 0 radical (unpaired) electrons. The van der Waals surface area contributed by atoms with Gasteiger partial charge in [0.05, 0.1) is 12.7 Å². The summed E-state index contributed by atoms with van der Waals surface area (Å²) in [4.78, 5) is 10.9. The van der Waals surface area contributed by atoms with Gasteiger partial charge in [-0.3, -0.25) is 0 Å². The van der Waals surface area contributed by atoms with Gasteiger partial charge >= 0.3 is 5.97 Å². The lowest BCUT2D eigenvalue weighted by Gasteiger charge is -2.23. The lowest BCUT2D eigenvalue weighted by molar-refractivity contribution is 0.0697. The van der Waals surface area contributed by atoms with Crippen molar-refractivity contribution in [3.8, 4) is 17.2 Å². The van der Waals surface area contributed by atoms with Gasteiger partial charge < -0.3 is 14.6 Å². The van der Waals surface area contributed by atoms with Crippen LogP contribution in [0.1, 0.15) is 36.7 Å². The van der Waals surface area contributed by atoms with E-state index in [0.717, 1.165) is 17.1 Å². The predicted octanol–water partition coefficient (Wildman–Crippen LogP) is 4.48. The molecule has 0 atom stereocenters. The predicted molar refractivity (Wildman–Crippen MR) is 85.2 cm³/mol. The smallest absolute Gasteiger partial charge is 0.335 e. The quantitative estimate of drug-likeness (QED) is 0.904. The first-order chi connectivity index (χ1) is 10.3. The number of aromatic carboxylic acids is 1. The van der Waals surface area contributed by atoms with E-state index in [-0.39, 0.29) is 11.0 Å². The minimum atomic E-state index is -0.952. The molecule has 0 saturated carbocycles. The van der Waals surface area contributed by atoms with Gasteiger partial charge in [-0.25, -0.2) is 4.79 Å². The molecule has 2 aromatic rings. The number of hydrogen-bond acceptors (Lipinski definition) is 3. The molecule has 0 bridgehead atoms. The molecule has 0 amide bonds. The zero-order chi connectivity index (χ0) is 16.3. The Morgan fingerprint density at radius 2 is 1.59 bits per heavy atom. The van der Waals surface area contributed by atoms with E-state index >= 15 is 0 Å². The number of carboxylic acids is 1. The summed E-state index contributed by atoms with van der Waals surface area (Å²) in [6, 6.07) is 12.0. The van der Waals surface area contributed by atoms with Crippen LogP contribution in [-0.2, 0) is 5.41 Å². The second-order valence-corrected chi connectivity index (χ2v) is 6.04. The highest BCUT2D eigenvalue weighted by Gasteiger charge is 2.20. The largest absolute Gasteiger partial charge is 0.497 e. The van der Waals surface area contributed by atoms with E-state index in [4.69, 9.17) is 14.6 Å². The van der Waals surface area contributed by atoms with Gasteiger partial charge in [0, 0.05) is 5.56 Å². The van der Waals surface area contributed by atoms with Crippen molar-refractivity contribution in [3.05, 3.63) is 53.6 Å². The van der Waals surface area contributed by atoms with Crippen LogP contribution in [-0.4, -0.2) is 18.2 Å². The Kier molecular flexibility index (Phi) is 4.40. The molecule has 4 nitrogen and oxygen atoms in total. The van der Waals surface area contributed by atoms with E-state index in [9.17, 15) is 4.79 Å². The Hall–Kier alpha value is -2.49. The molecule has 22 heavy (non-hydrogen) atoms. The second-order valence-electron chi connectivity index (χ2n) is 6.04. The topological polar surface area (TPSA) is 55.8 Å². The molecule has 2 aromatic carbocycles. The summed E-state index contributed by atoms with van der Waals surface area (Å²) in [7, 11) is 1.63. The molecule has 116 valence electrons. The number of benzene rings is 2. The van der Waals surface area contributed by atoms with Crippen LogP contribution in [0.2, 0.25) is 0 Å². The third-order valence-electron chi connectivity index (χ3n) is 3.32. The Labute approximate surface area is 130 Å². The van der Waals surface area contributed by atoms with Crippen molar-refractivity contribution in [3.63, 3.8) is 0 Å². The van der Waals surface area contributed by atoms with E-state index in [1.54, 1.807) is 19.2 Å². The summed E-state index contributed by atoms with van der Waals surface area (Å²) in [6.45, 7) is 6.30. The molecule has 0 aliphatic rings. The fraction of sp³-hybridized carbons (Fsp3) is 0.278. The first-order valence-electron chi connectivity index (χ1n) is 7.01. The monoisotopic (exact) mass is 300 g/mol. The zero-order valence-electron chi connectivity index (χ0n) is 13.2. The average molecular weight is 300 g/mol. The summed E-state index contributed by atoms with van der Waals surface area (Å²) in [5.74, 6) is 1.15. The Morgan fingerprint density at radius 3 is 2.09 bits per heavy atom. The molecule has 0 fully saturated rings. The maximum absolute atomic E-state index is 10.9. The lowest BCUT2D eigenvalue weighted by atomic mass is 9.86. The summed E-state index contributed by atoms with van der Waals surface area (Å²) in [5, 5.41) is 8.92. The van der Waals surface area contributed by atoms with E-state index in [0.29, 0.717) is 5.75 Å². The summed E-state index contributed by atoms with van der Waals surface area (Å²) in [6.07, 6.45) is 0. The van der Waals surface area contributed by atoms with Gasteiger partial charge in [-0.05, 0) is 47.9 Å². The van der Waals surface area contributed by atoms with Crippen LogP contribution in [0.25, 0.3) is 0 Å². The summed E-state index contributed by atoms with van der Waals surface area (Å²) < 4.78 is 11.2. The Balaban J connectivity index is 2.34. The molecular weight excluding hydrogens is 280 g/mol. The van der Waals surface area contributed by atoms with Gasteiger partial charge in [-0.1, -0.05) is 20.8 Å². The molecule has 0 aliphatic heterocycles. The molecule has 1 N–H and O–H groups in total. The third-order valence-corrected chi connectivity index (χ3v) is 3.32. The summed E-state index contributed by atoms with van der Waals surface area (Å²) in [5.41, 5.74) is 1.15. The standard InChI is InChI=1S/C18H20O4/c1-18(2,3)15-11-14(21-4)9-10-16(15)22-13-7-5-12(6-8-13)17(19)20/h5-11H,1-4H3,(H,19,20). The number of ether oxygens (including phenoxy) is 2. The molecule has 0 spiro atoms. The van der Waals surface area contributed by atoms with Crippen LogP contribution < -0.4 is 9.47 Å². The average Bonchev–Trinajstić information content (AvgIpc) is 2.47. The van der Waals surface area contributed by atoms with Crippen LogP contribution >= 0.6 is 0 Å². The maximum atomic E-state index is 10.9. The van der Waals surface area contributed by atoms with E-state index in [1.807, 2.05) is 18.2 Å². The van der Waals surface area contributed by atoms with Crippen molar-refractivity contribution in [2.24, 2.45) is 0 Å². The molecule has 2 rings (SSSR count). The highest BCUT2D eigenvalue weighted by Crippen LogP contribution is 2.36. The first kappa shape index (κ1) is 15.9. The number of methoxy groups -OCH3 is 1. The molecular formula is C18H20O4. The third kappa shape index (κ3) is 3.58. The molecule has 0 saturated heterocycles. The van der Waals surface area contributed by atoms with Crippen LogP contribution in [0.3, 0.4) is 0 Å². The van der Waals surface area contributed by atoms with Crippen LogP contribution in [0, 0.1) is 0 Å². The number of hydrogen-bond donors (Lipinski definition) is 1. The fourth-order valence-electron chi connectivity index (χ4n) is 2.10. The van der Waals surface area contributed by atoms with E-state index < -0.39 is 5.97 Å². The van der Waals surface area contributed by atoms with Crippen LogP contribution in [0.15, 0.2) is 42.5 Å². The van der Waals surface area contributed by atoms with Crippen molar-refractivity contribution in [2.75, 3.05) is 7.11 Å². The van der Waals surface area contributed by atoms with Crippen molar-refractivity contribution in [1.29, 1.82) is 0 Å². The van der Waals surface area contributed by atoms with Gasteiger partial charge in [0.1, 0.15) is 17.2 Å². The van der Waals surface area contributed by atoms with Gasteiger partial charge in [0.25, 0.3) is 0 Å². The van der Waals surface area contributed by atoms with Gasteiger partial charge in [0.15, 0.2) is 0 Å². The van der Waals surface area contributed by atoms with Crippen molar-refractivity contribution < 1.29 is 19.4 Å². The van der Waals surface area contributed by atoms with Crippen molar-refractivity contribution >= 4 is 5.97 Å². The highest BCUT2D eigenvalue weighted by molar-refractivity contribution is 5.87. The summed E-state index contributed by atoms with van der Waals surface area (Å²) >= 11 is 0. The fourth-order valence-corrected chi connectivity index (χ4v) is 2.10. The molecule has 0 aromatic heterocycles. The van der Waals surface area contributed by atoms with Gasteiger partial charge in [0.2, 0.25) is 0 Å². The van der Waals surface area contributed by atoms with Crippen molar-refractivity contribution in [1.82, 2.24) is 0 Å². The lowest BCUT2D eigenvalue weighted by Crippen LogP contribution is -2.12. The normalized spacial score (nSPS) is 11.1. The van der Waals surface area contributed by atoms with Gasteiger partial charge in [-0.15, -0.1) is 0 Å². The van der Waals surface area contributed by atoms with Crippen molar-refractivity contribution in [2.45, 2.75) is 26.2 Å². The van der Waals surface area contributed by atoms with E-state index in [1.165, 1.54) is 12.1 Å². The first-order valence-corrected chi connectivity index (χ1v) is 7.01. The van der Waals surface area contributed by atoms with Crippen LogP contribution in [0.4, 0.5) is 0 Å². The van der Waals surface area contributed by atoms with Gasteiger partial charge in [-0.2, -0.15) is 0 Å². The maximum Gasteiger partial charge on any atom is 0.335 e.